The standard InChI is InChI=1S/C20H32N4O2S/c1-3-22-20(23-13-12-17-8-5-4-6-9-17)24-15-18-10-7-11-19(14-18)16-27(25,26)21-2/h7-8,10-11,14,21H,3-6,9,12-13,15-16H2,1-2H3,(H2,22,23,24). The van der Waals surface area contributed by atoms with Gasteiger partial charge >= 0.3 is 0 Å². The Bertz CT molecular complexity index is 757. The minimum atomic E-state index is -3.27. The first-order valence-corrected chi connectivity index (χ1v) is 11.4. The van der Waals surface area contributed by atoms with Gasteiger partial charge in [0.05, 0.1) is 12.3 Å². The van der Waals surface area contributed by atoms with Crippen molar-refractivity contribution >= 4 is 16.0 Å². The molecule has 0 bridgehead atoms. The third-order valence-corrected chi connectivity index (χ3v) is 5.88. The summed E-state index contributed by atoms with van der Waals surface area (Å²) in [4.78, 5) is 4.63. The van der Waals surface area contributed by atoms with Crippen molar-refractivity contribution in [3.8, 4) is 0 Å². The first-order chi connectivity index (χ1) is 13.0. The van der Waals surface area contributed by atoms with Gasteiger partial charge in [-0.05, 0) is 57.2 Å². The van der Waals surface area contributed by atoms with E-state index in [-0.39, 0.29) is 5.75 Å². The number of guanidine groups is 1. The predicted octanol–water partition coefficient (Wildman–Crippen LogP) is 2.68. The fourth-order valence-corrected chi connectivity index (χ4v) is 3.86. The SMILES string of the molecule is CCNC(=NCc1cccc(CS(=O)(=O)NC)c1)NCCC1=CCCCC1. The molecule has 0 aromatic heterocycles. The summed E-state index contributed by atoms with van der Waals surface area (Å²) in [5, 5.41) is 6.66. The van der Waals surface area contributed by atoms with Crippen LogP contribution in [0.25, 0.3) is 0 Å². The summed E-state index contributed by atoms with van der Waals surface area (Å²) in [6, 6.07) is 7.56. The molecule has 0 spiro atoms. The second kappa shape index (κ2) is 11.1. The van der Waals surface area contributed by atoms with E-state index in [9.17, 15) is 8.42 Å². The maximum Gasteiger partial charge on any atom is 0.215 e. The highest BCUT2D eigenvalue weighted by Gasteiger charge is 2.09. The quantitative estimate of drug-likeness (QED) is 0.343. The molecule has 150 valence electrons. The van der Waals surface area contributed by atoms with Gasteiger partial charge in [0.15, 0.2) is 5.96 Å². The molecule has 1 aliphatic rings. The first-order valence-electron chi connectivity index (χ1n) is 9.71. The van der Waals surface area contributed by atoms with Crippen LogP contribution in [0.15, 0.2) is 40.9 Å². The van der Waals surface area contributed by atoms with Crippen LogP contribution in [0.4, 0.5) is 0 Å². The Morgan fingerprint density at radius 2 is 2.00 bits per heavy atom. The van der Waals surface area contributed by atoms with Crippen molar-refractivity contribution in [2.45, 2.75) is 51.3 Å². The normalized spacial score (nSPS) is 15.3. The molecule has 0 amide bonds. The van der Waals surface area contributed by atoms with Crippen molar-refractivity contribution in [3.05, 3.63) is 47.0 Å². The van der Waals surface area contributed by atoms with Crippen molar-refractivity contribution in [1.29, 1.82) is 0 Å². The summed E-state index contributed by atoms with van der Waals surface area (Å²) in [6.07, 6.45) is 8.48. The van der Waals surface area contributed by atoms with E-state index in [0.717, 1.165) is 36.6 Å². The number of hydrogen-bond acceptors (Lipinski definition) is 3. The average Bonchev–Trinajstić information content (AvgIpc) is 2.67. The van der Waals surface area contributed by atoms with Crippen LogP contribution < -0.4 is 15.4 Å². The van der Waals surface area contributed by atoms with E-state index in [4.69, 9.17) is 0 Å². The van der Waals surface area contributed by atoms with Gasteiger partial charge in [0, 0.05) is 13.1 Å². The number of allylic oxidation sites excluding steroid dienone is 1. The average molecular weight is 393 g/mol. The molecule has 0 unspecified atom stereocenters. The van der Waals surface area contributed by atoms with E-state index in [1.165, 1.54) is 32.7 Å². The van der Waals surface area contributed by atoms with Crippen molar-refractivity contribution in [2.24, 2.45) is 4.99 Å². The van der Waals surface area contributed by atoms with Crippen LogP contribution in [-0.2, 0) is 22.3 Å². The molecule has 1 aliphatic carbocycles. The Labute approximate surface area is 163 Å². The highest BCUT2D eigenvalue weighted by Crippen LogP contribution is 2.19. The molecule has 6 nitrogen and oxygen atoms in total. The molecule has 0 atom stereocenters. The van der Waals surface area contributed by atoms with Gasteiger partial charge in [-0.3, -0.25) is 0 Å². The van der Waals surface area contributed by atoms with Gasteiger partial charge in [-0.25, -0.2) is 18.1 Å². The topological polar surface area (TPSA) is 82.6 Å². The number of aliphatic imine (C=N–C) groups is 1. The summed E-state index contributed by atoms with van der Waals surface area (Å²) >= 11 is 0. The molecule has 7 heteroatoms. The second-order valence-electron chi connectivity index (χ2n) is 6.76. The Morgan fingerprint density at radius 3 is 2.70 bits per heavy atom. The smallest absolute Gasteiger partial charge is 0.215 e. The maximum atomic E-state index is 11.7. The lowest BCUT2D eigenvalue weighted by Gasteiger charge is -2.15. The molecule has 0 saturated carbocycles. The van der Waals surface area contributed by atoms with Crippen LogP contribution in [0.3, 0.4) is 0 Å². The second-order valence-corrected chi connectivity index (χ2v) is 8.69. The van der Waals surface area contributed by atoms with E-state index in [0.29, 0.717) is 6.54 Å². The fraction of sp³-hybridized carbons (Fsp3) is 0.550. The van der Waals surface area contributed by atoms with E-state index >= 15 is 0 Å². The lowest BCUT2D eigenvalue weighted by atomic mass is 9.97. The van der Waals surface area contributed by atoms with Crippen LogP contribution in [0.5, 0.6) is 0 Å². The Balaban J connectivity index is 1.92. The molecule has 0 fully saturated rings. The molecule has 0 radical (unpaired) electrons. The number of sulfonamides is 1. The minimum Gasteiger partial charge on any atom is -0.357 e. The zero-order valence-electron chi connectivity index (χ0n) is 16.4. The van der Waals surface area contributed by atoms with Crippen molar-refractivity contribution in [1.82, 2.24) is 15.4 Å². The minimum absolute atomic E-state index is 0.0194. The predicted molar refractivity (Wildman–Crippen MR) is 112 cm³/mol. The van der Waals surface area contributed by atoms with Crippen LogP contribution in [0.2, 0.25) is 0 Å². The fourth-order valence-electron chi connectivity index (χ4n) is 3.09. The van der Waals surface area contributed by atoms with Gasteiger partial charge < -0.3 is 10.6 Å². The van der Waals surface area contributed by atoms with Crippen LogP contribution >= 0.6 is 0 Å². The zero-order valence-corrected chi connectivity index (χ0v) is 17.2. The summed E-state index contributed by atoms with van der Waals surface area (Å²) in [5.74, 6) is 0.774. The Kier molecular flexibility index (Phi) is 8.81. The molecular formula is C20H32N4O2S. The molecule has 0 aliphatic heterocycles. The molecular weight excluding hydrogens is 360 g/mol. The Hall–Kier alpha value is -1.86. The van der Waals surface area contributed by atoms with Gasteiger partial charge in [0.2, 0.25) is 10.0 Å². The highest BCUT2D eigenvalue weighted by atomic mass is 32.2. The van der Waals surface area contributed by atoms with Gasteiger partial charge in [-0.2, -0.15) is 0 Å². The number of nitrogens with one attached hydrogen (secondary N) is 3. The van der Waals surface area contributed by atoms with Crippen molar-refractivity contribution < 1.29 is 8.42 Å². The first kappa shape index (κ1) is 21.4. The van der Waals surface area contributed by atoms with Gasteiger partial charge in [0.1, 0.15) is 0 Å². The number of nitrogens with zero attached hydrogens (tertiary/aromatic N) is 1. The maximum absolute atomic E-state index is 11.7. The van der Waals surface area contributed by atoms with E-state index in [1.807, 2.05) is 31.2 Å². The molecule has 1 aromatic carbocycles. The lowest BCUT2D eigenvalue weighted by Crippen LogP contribution is -2.37. The zero-order chi connectivity index (χ0) is 19.5. The van der Waals surface area contributed by atoms with Crippen LogP contribution in [0.1, 0.15) is 50.2 Å². The van der Waals surface area contributed by atoms with Gasteiger partial charge in [-0.15, -0.1) is 0 Å². The lowest BCUT2D eigenvalue weighted by molar-refractivity contribution is 0.587. The molecule has 2 rings (SSSR count). The molecule has 1 aromatic rings. The van der Waals surface area contributed by atoms with Gasteiger partial charge in [-0.1, -0.05) is 35.9 Å². The summed E-state index contributed by atoms with van der Waals surface area (Å²) in [5.41, 5.74) is 3.30. The summed E-state index contributed by atoms with van der Waals surface area (Å²) < 4.78 is 25.8. The molecule has 0 heterocycles. The van der Waals surface area contributed by atoms with Crippen LogP contribution in [-0.4, -0.2) is 34.5 Å². The van der Waals surface area contributed by atoms with E-state index < -0.39 is 10.0 Å². The highest BCUT2D eigenvalue weighted by molar-refractivity contribution is 7.88. The van der Waals surface area contributed by atoms with E-state index in [2.05, 4.69) is 26.4 Å². The van der Waals surface area contributed by atoms with E-state index in [1.54, 1.807) is 5.57 Å². The van der Waals surface area contributed by atoms with Crippen molar-refractivity contribution in [2.75, 3.05) is 20.1 Å². The molecule has 0 saturated heterocycles. The molecule has 3 N–H and O–H groups in total. The third-order valence-electron chi connectivity index (χ3n) is 4.55. The van der Waals surface area contributed by atoms with Gasteiger partial charge in [0.25, 0.3) is 0 Å². The van der Waals surface area contributed by atoms with Crippen LogP contribution in [0, 0.1) is 0 Å². The number of benzene rings is 1. The Morgan fingerprint density at radius 1 is 1.19 bits per heavy atom. The molecule has 27 heavy (non-hydrogen) atoms. The number of rotatable bonds is 9. The number of hydrogen-bond donors (Lipinski definition) is 3. The summed E-state index contributed by atoms with van der Waals surface area (Å²) in [6.45, 7) is 4.22. The third kappa shape index (κ3) is 8.13. The largest absolute Gasteiger partial charge is 0.357 e. The summed E-state index contributed by atoms with van der Waals surface area (Å²) in [7, 11) is -1.84. The van der Waals surface area contributed by atoms with Crippen molar-refractivity contribution in [3.63, 3.8) is 0 Å². The monoisotopic (exact) mass is 392 g/mol.